The topological polar surface area (TPSA) is 78.5 Å². The molecule has 0 bridgehead atoms. The lowest BCUT2D eigenvalue weighted by molar-refractivity contribution is -0.135. The third-order valence-corrected chi connectivity index (χ3v) is 5.71. The molecule has 1 saturated carbocycles. The van der Waals surface area contributed by atoms with Crippen molar-refractivity contribution in [2.45, 2.75) is 64.3 Å². The number of imide groups is 1. The number of benzene rings is 1. The first-order chi connectivity index (χ1) is 12.6. The summed E-state index contributed by atoms with van der Waals surface area (Å²) >= 11 is 0. The molecular weight excluding hydrogens is 342 g/mol. The van der Waals surface area contributed by atoms with E-state index in [9.17, 15) is 14.4 Å². The number of nitrogens with one attached hydrogen (secondary N) is 2. The molecule has 1 saturated heterocycles. The Morgan fingerprint density at radius 1 is 1.19 bits per heavy atom. The van der Waals surface area contributed by atoms with Crippen LogP contribution in [0, 0.1) is 5.92 Å². The average Bonchev–Trinajstić information content (AvgIpc) is 2.82. The van der Waals surface area contributed by atoms with Crippen LogP contribution in [0.5, 0.6) is 0 Å². The molecule has 0 radical (unpaired) electrons. The number of hydrogen-bond donors (Lipinski definition) is 2. The molecule has 2 aliphatic rings. The number of carbonyl (C=O) groups is 3. The van der Waals surface area contributed by atoms with Crippen LogP contribution < -0.4 is 10.6 Å². The van der Waals surface area contributed by atoms with Gasteiger partial charge in [0.15, 0.2) is 0 Å². The van der Waals surface area contributed by atoms with E-state index >= 15 is 0 Å². The van der Waals surface area contributed by atoms with Crippen LogP contribution in [0.15, 0.2) is 24.3 Å². The van der Waals surface area contributed by atoms with Gasteiger partial charge in [-0.15, -0.1) is 0 Å². The molecule has 2 N–H and O–H groups in total. The van der Waals surface area contributed by atoms with Gasteiger partial charge in [0.2, 0.25) is 5.91 Å². The number of anilines is 1. The van der Waals surface area contributed by atoms with E-state index in [2.05, 4.69) is 38.3 Å². The molecule has 146 valence electrons. The van der Waals surface area contributed by atoms with Crippen molar-refractivity contribution >= 4 is 23.5 Å². The van der Waals surface area contributed by atoms with Crippen molar-refractivity contribution in [2.75, 3.05) is 11.9 Å². The number of urea groups is 1. The predicted octanol–water partition coefficient (Wildman–Crippen LogP) is 3.42. The number of nitrogens with zero attached hydrogens (tertiary/aromatic N) is 1. The zero-order valence-electron chi connectivity index (χ0n) is 16.6. The Kier molecular flexibility index (Phi) is 5.02. The van der Waals surface area contributed by atoms with Crippen molar-refractivity contribution in [1.29, 1.82) is 0 Å². The van der Waals surface area contributed by atoms with E-state index in [-0.39, 0.29) is 23.8 Å². The molecule has 1 aromatic carbocycles. The van der Waals surface area contributed by atoms with Gasteiger partial charge in [-0.2, -0.15) is 0 Å². The maximum absolute atomic E-state index is 12.8. The van der Waals surface area contributed by atoms with Gasteiger partial charge >= 0.3 is 6.03 Å². The molecule has 0 atom stereocenters. The highest BCUT2D eigenvalue weighted by Gasteiger charge is 2.52. The summed E-state index contributed by atoms with van der Waals surface area (Å²) in [7, 11) is 0. The molecule has 3 rings (SSSR count). The van der Waals surface area contributed by atoms with Gasteiger partial charge in [-0.25, -0.2) is 4.79 Å². The predicted molar refractivity (Wildman–Crippen MR) is 104 cm³/mol. The molecule has 0 unspecified atom stereocenters. The molecule has 6 heteroatoms. The molecule has 6 nitrogen and oxygen atoms in total. The van der Waals surface area contributed by atoms with E-state index in [1.165, 1.54) is 5.56 Å². The van der Waals surface area contributed by atoms with Gasteiger partial charge in [0.1, 0.15) is 12.1 Å². The Morgan fingerprint density at radius 3 is 2.33 bits per heavy atom. The molecule has 1 heterocycles. The smallest absolute Gasteiger partial charge is 0.325 e. The summed E-state index contributed by atoms with van der Waals surface area (Å²) in [5.41, 5.74) is 1.05. The van der Waals surface area contributed by atoms with Gasteiger partial charge in [-0.1, -0.05) is 39.8 Å². The first-order valence-electron chi connectivity index (χ1n) is 9.65. The number of carbonyl (C=O) groups excluding carboxylic acids is 3. The molecular formula is C21H29N3O3. The molecule has 0 aromatic heterocycles. The Morgan fingerprint density at radius 2 is 1.78 bits per heavy atom. The van der Waals surface area contributed by atoms with Crippen molar-refractivity contribution in [1.82, 2.24) is 10.2 Å². The van der Waals surface area contributed by atoms with E-state index in [4.69, 9.17) is 0 Å². The maximum atomic E-state index is 12.8. The van der Waals surface area contributed by atoms with Gasteiger partial charge < -0.3 is 10.6 Å². The molecule has 1 spiro atoms. The fraction of sp³-hybridized carbons (Fsp3) is 0.571. The van der Waals surface area contributed by atoms with E-state index in [1.54, 1.807) is 0 Å². The minimum absolute atomic E-state index is 0.0361. The highest BCUT2D eigenvalue weighted by atomic mass is 16.2. The van der Waals surface area contributed by atoms with Crippen LogP contribution in [-0.2, 0) is 15.0 Å². The van der Waals surface area contributed by atoms with E-state index in [1.807, 2.05) is 24.3 Å². The Balaban J connectivity index is 1.62. The maximum Gasteiger partial charge on any atom is 0.325 e. The van der Waals surface area contributed by atoms with Crippen LogP contribution in [0.2, 0.25) is 0 Å². The summed E-state index contributed by atoms with van der Waals surface area (Å²) < 4.78 is 0. The number of amides is 4. The lowest BCUT2D eigenvalue weighted by atomic mass is 9.77. The Hall–Kier alpha value is -2.37. The van der Waals surface area contributed by atoms with Gasteiger partial charge in [0.05, 0.1) is 0 Å². The molecule has 4 amide bonds. The Labute approximate surface area is 160 Å². The summed E-state index contributed by atoms with van der Waals surface area (Å²) in [6.07, 6.45) is 3.11. The third-order valence-electron chi connectivity index (χ3n) is 5.71. The highest BCUT2D eigenvalue weighted by molar-refractivity contribution is 6.10. The first kappa shape index (κ1) is 19.4. The van der Waals surface area contributed by atoms with Crippen molar-refractivity contribution in [2.24, 2.45) is 5.92 Å². The van der Waals surface area contributed by atoms with Gasteiger partial charge in [0, 0.05) is 5.69 Å². The van der Waals surface area contributed by atoms with Gasteiger partial charge in [-0.05, 0) is 54.7 Å². The quantitative estimate of drug-likeness (QED) is 0.799. The second-order valence-electron chi connectivity index (χ2n) is 8.96. The summed E-state index contributed by atoms with van der Waals surface area (Å²) in [6.45, 7) is 8.27. The fourth-order valence-electron chi connectivity index (χ4n) is 3.81. The zero-order chi connectivity index (χ0) is 19.8. The monoisotopic (exact) mass is 371 g/mol. The minimum Gasteiger partial charge on any atom is -0.325 e. The number of hydrogen-bond acceptors (Lipinski definition) is 3. The van der Waals surface area contributed by atoms with Crippen LogP contribution in [0.1, 0.15) is 58.9 Å². The second-order valence-corrected chi connectivity index (χ2v) is 8.96. The highest BCUT2D eigenvalue weighted by Crippen LogP contribution is 2.36. The van der Waals surface area contributed by atoms with E-state index in [0.29, 0.717) is 24.4 Å². The van der Waals surface area contributed by atoms with E-state index < -0.39 is 11.6 Å². The van der Waals surface area contributed by atoms with Crippen molar-refractivity contribution < 1.29 is 14.4 Å². The normalized spacial score (nSPS) is 25.6. The van der Waals surface area contributed by atoms with Crippen molar-refractivity contribution in [3.05, 3.63) is 29.8 Å². The average molecular weight is 371 g/mol. The summed E-state index contributed by atoms with van der Waals surface area (Å²) in [6, 6.07) is 7.17. The van der Waals surface area contributed by atoms with Crippen LogP contribution in [-0.4, -0.2) is 34.8 Å². The minimum atomic E-state index is -0.807. The summed E-state index contributed by atoms with van der Waals surface area (Å²) in [4.78, 5) is 38.5. The second kappa shape index (κ2) is 6.98. The molecule has 1 aliphatic carbocycles. The van der Waals surface area contributed by atoms with Crippen LogP contribution in [0.25, 0.3) is 0 Å². The molecule has 27 heavy (non-hydrogen) atoms. The lowest BCUT2D eigenvalue weighted by Gasteiger charge is -2.33. The molecule has 1 aromatic rings. The van der Waals surface area contributed by atoms with Crippen LogP contribution in [0.3, 0.4) is 0 Å². The first-order valence-corrected chi connectivity index (χ1v) is 9.65. The molecule has 1 aliphatic heterocycles. The fourth-order valence-corrected chi connectivity index (χ4v) is 3.81. The Bertz CT molecular complexity index is 741. The van der Waals surface area contributed by atoms with Crippen LogP contribution in [0.4, 0.5) is 10.5 Å². The summed E-state index contributed by atoms with van der Waals surface area (Å²) in [5, 5.41) is 5.61. The standard InChI is InChI=1S/C21H29N3O3/c1-14-9-11-21(12-10-14)18(26)24(19(27)23-21)13-17(25)22-16-7-5-15(6-8-16)20(2,3)4/h5-8,14H,9-13H2,1-4H3,(H,22,25)(H,23,27). The van der Waals surface area contributed by atoms with Crippen molar-refractivity contribution in [3.8, 4) is 0 Å². The van der Waals surface area contributed by atoms with Gasteiger partial charge in [-0.3, -0.25) is 14.5 Å². The van der Waals surface area contributed by atoms with Crippen molar-refractivity contribution in [3.63, 3.8) is 0 Å². The largest absolute Gasteiger partial charge is 0.325 e. The van der Waals surface area contributed by atoms with Crippen LogP contribution >= 0.6 is 0 Å². The SMILES string of the molecule is CC1CCC2(CC1)NC(=O)N(CC(=O)Nc1ccc(C(C)(C)C)cc1)C2=O. The zero-order valence-corrected chi connectivity index (χ0v) is 16.6. The van der Waals surface area contributed by atoms with E-state index in [0.717, 1.165) is 17.7 Å². The lowest BCUT2D eigenvalue weighted by Crippen LogP contribution is -2.49. The van der Waals surface area contributed by atoms with Gasteiger partial charge in [0.25, 0.3) is 5.91 Å². The number of rotatable bonds is 3. The third kappa shape index (κ3) is 3.99. The molecule has 2 fully saturated rings. The summed E-state index contributed by atoms with van der Waals surface area (Å²) in [5.74, 6) is -0.0744.